The molecule has 0 radical (unpaired) electrons. The molecule has 6 atom stereocenters. The van der Waals surface area contributed by atoms with Crippen molar-refractivity contribution in [3.63, 3.8) is 0 Å². The van der Waals surface area contributed by atoms with Gasteiger partial charge in [-0.15, -0.1) is 0 Å². The average molecular weight is 945 g/mol. The molecule has 7 aliphatic rings. The zero-order valence-corrected chi connectivity index (χ0v) is 39.6. The van der Waals surface area contributed by atoms with Gasteiger partial charge in [0.05, 0.1) is 0 Å². The van der Waals surface area contributed by atoms with Gasteiger partial charge in [0.25, 0.3) is 0 Å². The summed E-state index contributed by atoms with van der Waals surface area (Å²) in [4.78, 5) is 5.65. The van der Waals surface area contributed by atoms with Crippen LogP contribution in [0.5, 0.6) is 0 Å². The van der Waals surface area contributed by atoms with Crippen molar-refractivity contribution in [2.45, 2.75) is 121 Å². The maximum absolute atomic E-state index is 15.9. The summed E-state index contributed by atoms with van der Waals surface area (Å²) < 4.78 is 24.7. The molecule has 61 heavy (non-hydrogen) atoms. The molecule has 0 spiro atoms. The predicted octanol–water partition coefficient (Wildman–Crippen LogP) is 12.3. The van der Waals surface area contributed by atoms with Crippen LogP contribution >= 0.6 is 19.8 Å². The second-order valence-corrected chi connectivity index (χ2v) is 33.1. The molecule has 2 N–H and O–H groups in total. The Bertz CT molecular complexity index is 2910. The van der Waals surface area contributed by atoms with Gasteiger partial charge in [-0.05, 0) is 0 Å². The summed E-state index contributed by atoms with van der Waals surface area (Å²) in [6.07, 6.45) is 17.1. The molecule has 6 heterocycles. The summed E-state index contributed by atoms with van der Waals surface area (Å²) in [5.41, 5.74) is 12.0. The second kappa shape index (κ2) is 12.4. The number of rotatable bonds is 4. The van der Waals surface area contributed by atoms with E-state index in [1.807, 2.05) is 32.9 Å². The third-order valence-corrected chi connectivity index (χ3v) is 27.2. The van der Waals surface area contributed by atoms with Gasteiger partial charge in [-0.1, -0.05) is 0 Å². The Morgan fingerprint density at radius 3 is 2.44 bits per heavy atom. The molecule has 0 bridgehead atoms. The number of alkyl halides is 3. The van der Waals surface area contributed by atoms with E-state index in [2.05, 4.69) is 127 Å². The van der Waals surface area contributed by atoms with E-state index in [0.717, 1.165) is 64.1 Å². The van der Waals surface area contributed by atoms with Gasteiger partial charge in [-0.2, -0.15) is 0 Å². The van der Waals surface area contributed by atoms with Crippen molar-refractivity contribution < 1.29 is 23.6 Å². The minimum absolute atomic E-state index is 0.00993. The van der Waals surface area contributed by atoms with E-state index in [1.165, 1.54) is 40.0 Å². The Labute approximate surface area is 366 Å². The van der Waals surface area contributed by atoms with Crippen LogP contribution in [0.25, 0.3) is 28.0 Å². The van der Waals surface area contributed by atoms with Gasteiger partial charge in [0, 0.05) is 0 Å². The number of benzene rings is 4. The van der Waals surface area contributed by atoms with Crippen molar-refractivity contribution in [2.75, 3.05) is 9.80 Å². The summed E-state index contributed by atoms with van der Waals surface area (Å²) in [6.45, 7) is 17.7. The number of anilines is 2. The molecule has 5 aliphatic heterocycles. The Balaban J connectivity index is 1.16. The first-order chi connectivity index (χ1) is 29.0. The van der Waals surface area contributed by atoms with E-state index in [4.69, 9.17) is 4.42 Å². The van der Waals surface area contributed by atoms with Crippen LogP contribution in [0.1, 0.15) is 110 Å². The standard InChI is InChI=1S/C52H56FIN3O3Si/c1-49(2,3)52(58,59)40-29-42-35-24-23-31(53)26-39(35)50(4)51(5,57(42)48(40)61(6,7)8)54(50)46-37-28-44-36(34-20-14-15-21-43(34)60-44)27-38(37)47-55(32-17-10-9-11-18-32)45-33-19-13-12-16-30(33)22-25-41(45)56(46)47/h10,12,14-17,20-29,32,42,46-47,58-59H,9,11,13,18-19H2,1-8H3/q+1. The van der Waals surface area contributed by atoms with E-state index in [-0.39, 0.29) is 35.1 Å². The first-order valence-corrected chi connectivity index (χ1v) is 29.2. The van der Waals surface area contributed by atoms with Crippen molar-refractivity contribution in [1.29, 1.82) is 0 Å². The van der Waals surface area contributed by atoms with Gasteiger partial charge in [0.1, 0.15) is 0 Å². The van der Waals surface area contributed by atoms with E-state index in [0.29, 0.717) is 5.57 Å². The SMILES string of the molecule is CC(C)(C)C(O)(O)C1=CC2c3ccc(F)cc3C3(C)I(C4c5cc6oc7ccccc7c6cc5C5N(C6C=CCCC6)c6c(ccc7c6CCC=C7)N54)C3(C)[N+]2=C1[Si](C)(C)C. The molecule has 12 rings (SSSR count). The van der Waals surface area contributed by atoms with Crippen LogP contribution in [-0.2, 0) is 9.84 Å². The van der Waals surface area contributed by atoms with Crippen LogP contribution in [0.3, 0.4) is 0 Å². The van der Waals surface area contributed by atoms with Crippen molar-refractivity contribution in [2.24, 2.45) is 5.41 Å². The van der Waals surface area contributed by atoms with Gasteiger partial charge < -0.3 is 0 Å². The monoisotopic (exact) mass is 944 g/mol. The molecule has 9 heteroatoms. The van der Waals surface area contributed by atoms with E-state index >= 15 is 4.39 Å². The fourth-order valence-electron chi connectivity index (χ4n) is 12.4. The third-order valence-electron chi connectivity index (χ3n) is 15.5. The van der Waals surface area contributed by atoms with Crippen LogP contribution < -0.4 is 9.80 Å². The molecular weight excluding hydrogens is 889 g/mol. The number of nitrogens with zero attached hydrogens (tertiary/aromatic N) is 3. The molecule has 0 saturated carbocycles. The normalized spacial score (nSPS) is 29.1. The summed E-state index contributed by atoms with van der Waals surface area (Å²) in [5.74, 6) is -2.27. The summed E-state index contributed by atoms with van der Waals surface area (Å²) in [5, 5.41) is 28.0. The van der Waals surface area contributed by atoms with Crippen molar-refractivity contribution in [3.8, 4) is 0 Å². The molecule has 0 amide bonds. The fraction of sp³-hybridized carbons (Fsp3) is 0.404. The van der Waals surface area contributed by atoms with E-state index < -0.39 is 39.1 Å². The van der Waals surface area contributed by atoms with E-state index in [9.17, 15) is 10.2 Å². The average Bonchev–Trinajstić information content (AvgIpc) is 3.78. The number of para-hydroxylation sites is 1. The Morgan fingerprint density at radius 1 is 0.885 bits per heavy atom. The number of allylic oxidation sites excluding steroid dienone is 2. The predicted molar refractivity (Wildman–Crippen MR) is 257 cm³/mol. The molecule has 4 aromatic carbocycles. The van der Waals surface area contributed by atoms with E-state index in [1.54, 1.807) is 6.07 Å². The van der Waals surface area contributed by atoms with Gasteiger partial charge in [-0.3, -0.25) is 0 Å². The molecule has 2 aliphatic carbocycles. The number of halogens is 2. The molecule has 6 nitrogen and oxygen atoms in total. The Kier molecular flexibility index (Phi) is 7.83. The fourth-order valence-corrected chi connectivity index (χ4v) is 26.1. The molecule has 5 aromatic rings. The quantitative estimate of drug-likeness (QED) is 0.0357. The van der Waals surface area contributed by atoms with Crippen LogP contribution in [0.15, 0.2) is 101 Å². The molecule has 1 fully saturated rings. The first kappa shape index (κ1) is 38.6. The summed E-state index contributed by atoms with van der Waals surface area (Å²) >= 11 is -2.52. The van der Waals surface area contributed by atoms with Crippen molar-refractivity contribution in [1.82, 2.24) is 0 Å². The number of aliphatic hydroxyl groups is 2. The second-order valence-electron chi connectivity index (χ2n) is 20.9. The Morgan fingerprint density at radius 2 is 1.69 bits per heavy atom. The van der Waals surface area contributed by atoms with Crippen LogP contribution in [-0.4, -0.2) is 43.6 Å². The Hall–Kier alpha value is -4.03. The van der Waals surface area contributed by atoms with Gasteiger partial charge >= 0.3 is 369 Å². The number of hydrogen-bond donors (Lipinski definition) is 2. The van der Waals surface area contributed by atoms with Crippen LogP contribution in [0.4, 0.5) is 15.8 Å². The number of fused-ring (bicyclic) bond motifs is 16. The molecule has 1 saturated heterocycles. The van der Waals surface area contributed by atoms with Gasteiger partial charge in [-0.25, -0.2) is 0 Å². The molecule has 1 aromatic heterocycles. The summed E-state index contributed by atoms with van der Waals surface area (Å²) in [6, 6.07) is 23.6. The van der Waals surface area contributed by atoms with Crippen LogP contribution in [0, 0.1) is 11.2 Å². The zero-order chi connectivity index (χ0) is 42.3. The minimum atomic E-state index is -2.52. The first-order valence-electron chi connectivity index (χ1n) is 22.3. The molecular formula is C52H56FIN3O3Si+. The van der Waals surface area contributed by atoms with Crippen molar-refractivity contribution >= 4 is 72.6 Å². The topological polar surface area (TPSA) is 63.1 Å². The number of hydrogen-bond acceptors (Lipinski definition) is 5. The van der Waals surface area contributed by atoms with Gasteiger partial charge in [0.15, 0.2) is 0 Å². The van der Waals surface area contributed by atoms with Crippen molar-refractivity contribution in [3.05, 3.63) is 136 Å². The zero-order valence-electron chi connectivity index (χ0n) is 36.5. The van der Waals surface area contributed by atoms with Gasteiger partial charge in [0.2, 0.25) is 0 Å². The maximum atomic E-state index is 15.9. The summed E-state index contributed by atoms with van der Waals surface area (Å²) in [7, 11) is -2.29. The van der Waals surface area contributed by atoms with Crippen LogP contribution in [0.2, 0.25) is 19.6 Å². The number of furan rings is 1. The molecule has 6 unspecified atom stereocenters. The third kappa shape index (κ3) is 4.82. The molecule has 314 valence electrons.